The summed E-state index contributed by atoms with van der Waals surface area (Å²) in [5.74, 6) is 2.17. The molecular weight excluding hydrogens is 352 g/mol. The molecule has 0 bridgehead atoms. The van der Waals surface area contributed by atoms with Crippen LogP contribution in [0.4, 0.5) is 0 Å². The summed E-state index contributed by atoms with van der Waals surface area (Å²) in [5.41, 5.74) is 5.06. The summed E-state index contributed by atoms with van der Waals surface area (Å²) in [4.78, 5) is 0. The summed E-state index contributed by atoms with van der Waals surface area (Å²) in [5, 5.41) is 0. The first-order chi connectivity index (χ1) is 13.8. The largest absolute Gasteiger partial charge is 0.468 e. The lowest BCUT2D eigenvalue weighted by Crippen LogP contribution is -2.18. The molecular formula is C28H34O. The third kappa shape index (κ3) is 5.73. The normalized spacial score (nSPS) is 13.3. The van der Waals surface area contributed by atoms with Crippen molar-refractivity contribution in [2.24, 2.45) is 11.8 Å². The van der Waals surface area contributed by atoms with Crippen LogP contribution < -0.4 is 0 Å². The van der Waals surface area contributed by atoms with E-state index in [2.05, 4.69) is 101 Å². The van der Waals surface area contributed by atoms with Crippen molar-refractivity contribution < 1.29 is 4.42 Å². The Morgan fingerprint density at radius 2 is 1.55 bits per heavy atom. The zero-order chi connectivity index (χ0) is 20.9. The van der Waals surface area contributed by atoms with Crippen LogP contribution in [0.25, 0.3) is 6.08 Å². The van der Waals surface area contributed by atoms with E-state index in [0.29, 0.717) is 11.8 Å². The van der Waals surface area contributed by atoms with Gasteiger partial charge < -0.3 is 4.42 Å². The van der Waals surface area contributed by atoms with Gasteiger partial charge in [0.1, 0.15) is 5.76 Å². The minimum atomic E-state index is -0.141. The fourth-order valence-corrected chi connectivity index (χ4v) is 3.76. The van der Waals surface area contributed by atoms with Crippen molar-refractivity contribution in [3.8, 4) is 0 Å². The lowest BCUT2D eigenvalue weighted by atomic mass is 9.81. The van der Waals surface area contributed by atoms with Crippen LogP contribution in [0.15, 0.2) is 77.4 Å². The van der Waals surface area contributed by atoms with Crippen molar-refractivity contribution in [1.29, 1.82) is 0 Å². The molecule has 1 heteroatoms. The van der Waals surface area contributed by atoms with Gasteiger partial charge in [0.25, 0.3) is 0 Å². The predicted molar refractivity (Wildman–Crippen MR) is 124 cm³/mol. The topological polar surface area (TPSA) is 13.1 Å². The van der Waals surface area contributed by atoms with Gasteiger partial charge in [0.15, 0.2) is 0 Å². The summed E-state index contributed by atoms with van der Waals surface area (Å²) in [6.45, 7) is 11.3. The Hall–Kier alpha value is -2.54. The molecule has 0 radical (unpaired) electrons. The van der Waals surface area contributed by atoms with Crippen molar-refractivity contribution in [2.75, 3.05) is 0 Å². The highest BCUT2D eigenvalue weighted by Gasteiger charge is 2.27. The predicted octanol–water partition coefficient (Wildman–Crippen LogP) is 7.70. The average Bonchev–Trinajstić information content (AvgIpc) is 3.16. The lowest BCUT2D eigenvalue weighted by Gasteiger charge is -2.23. The molecule has 1 heterocycles. The van der Waals surface area contributed by atoms with Crippen molar-refractivity contribution in [3.63, 3.8) is 0 Å². The van der Waals surface area contributed by atoms with Crippen molar-refractivity contribution >= 4 is 6.08 Å². The Kier molecular flexibility index (Phi) is 6.79. The minimum Gasteiger partial charge on any atom is -0.468 e. The van der Waals surface area contributed by atoms with Crippen LogP contribution in [0.2, 0.25) is 0 Å². The fourth-order valence-electron chi connectivity index (χ4n) is 3.76. The van der Waals surface area contributed by atoms with E-state index in [9.17, 15) is 0 Å². The van der Waals surface area contributed by atoms with Gasteiger partial charge in [-0.3, -0.25) is 0 Å². The van der Waals surface area contributed by atoms with E-state index in [1.807, 2.05) is 12.3 Å². The standard InChI is InChI=1S/C28H34O/c1-21(2)17-24-13-15-26(16-14-24)28(4,5)27-19-25(20-29-27)18-22(3)11-12-23-9-7-6-8-10-23/h6-16,19-22H,17-18H2,1-5H3/b12-11+. The molecule has 152 valence electrons. The van der Waals surface area contributed by atoms with Crippen LogP contribution in [0, 0.1) is 11.8 Å². The third-order valence-electron chi connectivity index (χ3n) is 5.56. The van der Waals surface area contributed by atoms with E-state index >= 15 is 0 Å². The number of allylic oxidation sites excluding steroid dienone is 1. The summed E-state index contributed by atoms with van der Waals surface area (Å²) in [6.07, 6.45) is 8.52. The molecule has 0 N–H and O–H groups in total. The van der Waals surface area contributed by atoms with Crippen molar-refractivity contribution in [2.45, 2.75) is 52.9 Å². The van der Waals surface area contributed by atoms with E-state index in [0.717, 1.165) is 18.6 Å². The molecule has 0 spiro atoms. The second kappa shape index (κ2) is 9.31. The van der Waals surface area contributed by atoms with Crippen LogP contribution in [-0.4, -0.2) is 0 Å². The van der Waals surface area contributed by atoms with Gasteiger partial charge >= 0.3 is 0 Å². The number of hydrogen-bond acceptors (Lipinski definition) is 1. The summed E-state index contributed by atoms with van der Waals surface area (Å²) in [6, 6.07) is 21.7. The molecule has 0 saturated carbocycles. The van der Waals surface area contributed by atoms with E-state index in [4.69, 9.17) is 4.42 Å². The Balaban J connectivity index is 1.67. The van der Waals surface area contributed by atoms with Crippen molar-refractivity contribution in [1.82, 2.24) is 0 Å². The number of hydrogen-bond donors (Lipinski definition) is 0. The summed E-state index contributed by atoms with van der Waals surface area (Å²) < 4.78 is 6.02. The van der Waals surface area contributed by atoms with E-state index in [1.165, 1.54) is 22.3 Å². The highest BCUT2D eigenvalue weighted by Crippen LogP contribution is 2.33. The van der Waals surface area contributed by atoms with Gasteiger partial charge in [-0.05, 0) is 66.8 Å². The van der Waals surface area contributed by atoms with Gasteiger partial charge in [0.2, 0.25) is 0 Å². The number of rotatable bonds is 8. The van der Waals surface area contributed by atoms with Crippen LogP contribution >= 0.6 is 0 Å². The number of furan rings is 1. The number of benzene rings is 2. The first-order valence-corrected chi connectivity index (χ1v) is 10.7. The molecule has 2 aromatic carbocycles. The Morgan fingerprint density at radius 3 is 2.21 bits per heavy atom. The highest BCUT2D eigenvalue weighted by molar-refractivity contribution is 5.49. The van der Waals surface area contributed by atoms with Gasteiger partial charge in [-0.15, -0.1) is 0 Å². The molecule has 0 amide bonds. The average molecular weight is 387 g/mol. The molecule has 1 atom stereocenters. The summed E-state index contributed by atoms with van der Waals surface area (Å²) in [7, 11) is 0. The Morgan fingerprint density at radius 1 is 0.862 bits per heavy atom. The van der Waals surface area contributed by atoms with Gasteiger partial charge in [-0.25, -0.2) is 0 Å². The highest BCUT2D eigenvalue weighted by atomic mass is 16.3. The second-order valence-corrected chi connectivity index (χ2v) is 9.19. The van der Waals surface area contributed by atoms with Crippen molar-refractivity contribution in [3.05, 3.63) is 101 Å². The lowest BCUT2D eigenvalue weighted by molar-refractivity contribution is 0.428. The van der Waals surface area contributed by atoms with E-state index < -0.39 is 0 Å². The second-order valence-electron chi connectivity index (χ2n) is 9.19. The molecule has 3 rings (SSSR count). The smallest absolute Gasteiger partial charge is 0.114 e. The van der Waals surface area contributed by atoms with Crippen LogP contribution in [-0.2, 0) is 18.3 Å². The van der Waals surface area contributed by atoms with Gasteiger partial charge in [-0.2, -0.15) is 0 Å². The Bertz CT molecular complexity index is 910. The maximum atomic E-state index is 6.02. The fraction of sp³-hybridized carbons (Fsp3) is 0.357. The molecule has 0 aliphatic rings. The van der Waals surface area contributed by atoms with E-state index in [-0.39, 0.29) is 5.41 Å². The molecule has 0 fully saturated rings. The first kappa shape index (κ1) is 21.2. The molecule has 1 nitrogen and oxygen atoms in total. The molecule has 0 aliphatic carbocycles. The molecule has 1 aromatic heterocycles. The molecule has 3 aromatic rings. The van der Waals surface area contributed by atoms with Gasteiger partial charge in [-0.1, -0.05) is 87.5 Å². The zero-order valence-corrected chi connectivity index (χ0v) is 18.5. The monoisotopic (exact) mass is 386 g/mol. The maximum absolute atomic E-state index is 6.02. The Labute approximate surface area is 176 Å². The molecule has 29 heavy (non-hydrogen) atoms. The van der Waals surface area contributed by atoms with Gasteiger partial charge in [0, 0.05) is 5.41 Å². The van der Waals surface area contributed by atoms with Crippen LogP contribution in [0.5, 0.6) is 0 Å². The maximum Gasteiger partial charge on any atom is 0.114 e. The SMILES string of the molecule is CC(C)Cc1ccc(C(C)(C)c2cc(CC(C)/C=C/c3ccccc3)co2)cc1. The van der Waals surface area contributed by atoms with Crippen LogP contribution in [0.3, 0.4) is 0 Å². The zero-order valence-electron chi connectivity index (χ0n) is 18.5. The molecule has 1 unspecified atom stereocenters. The van der Waals surface area contributed by atoms with E-state index in [1.54, 1.807) is 0 Å². The first-order valence-electron chi connectivity index (χ1n) is 10.7. The molecule has 0 aliphatic heterocycles. The third-order valence-corrected chi connectivity index (χ3v) is 5.56. The van der Waals surface area contributed by atoms with Gasteiger partial charge in [0.05, 0.1) is 6.26 Å². The minimum absolute atomic E-state index is 0.141. The molecule has 0 saturated heterocycles. The van der Waals surface area contributed by atoms with Crippen LogP contribution in [0.1, 0.15) is 62.6 Å². The summed E-state index contributed by atoms with van der Waals surface area (Å²) >= 11 is 0. The quantitative estimate of drug-likeness (QED) is 0.386.